The van der Waals surface area contributed by atoms with Crippen LogP contribution in [0.2, 0.25) is 5.15 Å². The summed E-state index contributed by atoms with van der Waals surface area (Å²) < 4.78 is 0. The van der Waals surface area contributed by atoms with Crippen LogP contribution in [0.1, 0.15) is 18.4 Å². The highest BCUT2D eigenvalue weighted by atomic mass is 35.5. The van der Waals surface area contributed by atoms with Gasteiger partial charge in [0.15, 0.2) is 0 Å². The van der Waals surface area contributed by atoms with Crippen LogP contribution in [0.5, 0.6) is 0 Å². The van der Waals surface area contributed by atoms with Gasteiger partial charge in [0.1, 0.15) is 5.15 Å². The summed E-state index contributed by atoms with van der Waals surface area (Å²) in [6.45, 7) is 0. The first kappa shape index (κ1) is 8.26. The summed E-state index contributed by atoms with van der Waals surface area (Å²) in [4.78, 5) is 0. The van der Waals surface area contributed by atoms with E-state index in [9.17, 15) is 0 Å². The number of fused-ring (bicyclic) bond motifs is 1. The summed E-state index contributed by atoms with van der Waals surface area (Å²) in [5, 5.41) is 8.51. The van der Waals surface area contributed by atoms with E-state index in [1.807, 2.05) is 18.2 Å². The third kappa shape index (κ3) is 0.996. The lowest BCUT2D eigenvalue weighted by Crippen LogP contribution is -2.18. The summed E-state index contributed by atoms with van der Waals surface area (Å²) in [7, 11) is 0. The summed E-state index contributed by atoms with van der Waals surface area (Å²) >= 11 is 5.96. The predicted octanol–water partition coefficient (Wildman–Crippen LogP) is 2.16. The number of nitrogens with one attached hydrogen (secondary N) is 1. The fourth-order valence-corrected chi connectivity index (χ4v) is 2.01. The molecule has 72 valence electrons. The van der Waals surface area contributed by atoms with Crippen LogP contribution in [0.15, 0.2) is 18.2 Å². The third-order valence-electron chi connectivity index (χ3n) is 2.86. The SMILES string of the molecule is NC1(c2cccc3c(Cl)[nH]nc23)CC1. The van der Waals surface area contributed by atoms with Crippen molar-refractivity contribution in [1.82, 2.24) is 10.2 Å². The van der Waals surface area contributed by atoms with E-state index in [1.165, 1.54) is 0 Å². The lowest BCUT2D eigenvalue weighted by molar-refractivity contribution is 0.745. The zero-order valence-electron chi connectivity index (χ0n) is 7.55. The van der Waals surface area contributed by atoms with Crippen LogP contribution in [-0.2, 0) is 5.54 Å². The number of nitrogens with two attached hydrogens (primary N) is 1. The van der Waals surface area contributed by atoms with E-state index in [-0.39, 0.29) is 5.54 Å². The van der Waals surface area contributed by atoms with Crippen LogP contribution >= 0.6 is 11.6 Å². The zero-order chi connectivity index (χ0) is 9.76. The molecule has 0 amide bonds. The van der Waals surface area contributed by atoms with Crippen LogP contribution < -0.4 is 5.73 Å². The van der Waals surface area contributed by atoms with Gasteiger partial charge in [0, 0.05) is 16.5 Å². The Hall–Kier alpha value is -1.06. The molecule has 1 saturated carbocycles. The molecule has 0 unspecified atom stereocenters. The van der Waals surface area contributed by atoms with E-state index < -0.39 is 0 Å². The fourth-order valence-electron chi connectivity index (χ4n) is 1.81. The molecule has 0 spiro atoms. The van der Waals surface area contributed by atoms with Crippen molar-refractivity contribution in [3.05, 3.63) is 28.9 Å². The Labute approximate surface area is 86.2 Å². The van der Waals surface area contributed by atoms with Crippen molar-refractivity contribution in [3.8, 4) is 0 Å². The molecule has 1 aromatic carbocycles. The van der Waals surface area contributed by atoms with Gasteiger partial charge in [-0.2, -0.15) is 5.10 Å². The second-order valence-corrected chi connectivity index (χ2v) is 4.27. The Kier molecular flexibility index (Phi) is 1.47. The molecule has 3 N–H and O–H groups in total. The summed E-state index contributed by atoms with van der Waals surface area (Å²) in [5.74, 6) is 0. The van der Waals surface area contributed by atoms with Gasteiger partial charge in [-0.3, -0.25) is 5.10 Å². The van der Waals surface area contributed by atoms with Gasteiger partial charge in [-0.15, -0.1) is 0 Å². The van der Waals surface area contributed by atoms with E-state index in [0.717, 1.165) is 29.3 Å². The number of hydrogen-bond donors (Lipinski definition) is 2. The highest BCUT2D eigenvalue weighted by Crippen LogP contribution is 2.45. The maximum Gasteiger partial charge on any atom is 0.132 e. The van der Waals surface area contributed by atoms with Crippen molar-refractivity contribution >= 4 is 22.5 Å². The van der Waals surface area contributed by atoms with Gasteiger partial charge in [0.05, 0.1) is 5.52 Å². The number of H-pyrrole nitrogens is 1. The van der Waals surface area contributed by atoms with Crippen LogP contribution in [0, 0.1) is 0 Å². The van der Waals surface area contributed by atoms with Crippen molar-refractivity contribution in [3.63, 3.8) is 0 Å². The standard InChI is InChI=1S/C10H10ClN3/c11-9-6-2-1-3-7(8(6)13-14-9)10(12)4-5-10/h1-3H,4-5,12H2,(H,13,14). The van der Waals surface area contributed by atoms with Gasteiger partial charge >= 0.3 is 0 Å². The lowest BCUT2D eigenvalue weighted by Gasteiger charge is -2.08. The molecule has 0 bridgehead atoms. The van der Waals surface area contributed by atoms with Gasteiger partial charge < -0.3 is 5.73 Å². The first-order chi connectivity index (χ1) is 6.71. The second-order valence-electron chi connectivity index (χ2n) is 3.90. The number of rotatable bonds is 1. The summed E-state index contributed by atoms with van der Waals surface area (Å²) in [6, 6.07) is 5.97. The second kappa shape index (κ2) is 2.49. The molecule has 1 aliphatic carbocycles. The molecule has 0 saturated heterocycles. The number of hydrogen-bond acceptors (Lipinski definition) is 2. The molecule has 4 heteroatoms. The minimum absolute atomic E-state index is 0.155. The molecule has 0 aliphatic heterocycles. The molecule has 1 heterocycles. The maximum atomic E-state index is 6.15. The first-order valence-corrected chi connectivity index (χ1v) is 5.00. The highest BCUT2D eigenvalue weighted by Gasteiger charge is 2.41. The molecular formula is C10H10ClN3. The van der Waals surface area contributed by atoms with Gasteiger partial charge in [-0.1, -0.05) is 23.7 Å². The Balaban J connectivity index is 2.34. The molecule has 3 nitrogen and oxygen atoms in total. The van der Waals surface area contributed by atoms with Crippen molar-refractivity contribution in [2.45, 2.75) is 18.4 Å². The Morgan fingerprint density at radius 3 is 2.93 bits per heavy atom. The van der Waals surface area contributed by atoms with E-state index >= 15 is 0 Å². The molecule has 1 fully saturated rings. The normalized spacial score (nSPS) is 18.7. The highest BCUT2D eigenvalue weighted by molar-refractivity contribution is 6.34. The van der Waals surface area contributed by atoms with Gasteiger partial charge in [-0.05, 0) is 18.9 Å². The zero-order valence-corrected chi connectivity index (χ0v) is 8.30. The Morgan fingerprint density at radius 1 is 1.43 bits per heavy atom. The van der Waals surface area contributed by atoms with Crippen molar-refractivity contribution in [2.24, 2.45) is 5.73 Å². The third-order valence-corrected chi connectivity index (χ3v) is 3.15. The Morgan fingerprint density at radius 2 is 2.21 bits per heavy atom. The van der Waals surface area contributed by atoms with Crippen molar-refractivity contribution in [1.29, 1.82) is 0 Å². The van der Waals surface area contributed by atoms with Crippen LogP contribution in [0.3, 0.4) is 0 Å². The largest absolute Gasteiger partial charge is 0.321 e. The van der Waals surface area contributed by atoms with Gasteiger partial charge in [-0.25, -0.2) is 0 Å². The molecule has 1 aliphatic rings. The molecular weight excluding hydrogens is 198 g/mol. The molecule has 14 heavy (non-hydrogen) atoms. The average Bonchev–Trinajstić information content (AvgIpc) is 2.83. The summed E-state index contributed by atoms with van der Waals surface area (Å²) in [5.41, 5.74) is 8.02. The molecule has 1 aromatic heterocycles. The smallest absolute Gasteiger partial charge is 0.132 e. The Bertz CT molecular complexity index is 499. The molecule has 3 rings (SSSR count). The number of nitrogens with zero attached hydrogens (tertiary/aromatic N) is 1. The quantitative estimate of drug-likeness (QED) is 0.753. The lowest BCUT2D eigenvalue weighted by atomic mass is 10.0. The number of para-hydroxylation sites is 1. The average molecular weight is 208 g/mol. The van der Waals surface area contributed by atoms with Crippen LogP contribution in [0.4, 0.5) is 0 Å². The minimum atomic E-state index is -0.155. The van der Waals surface area contributed by atoms with E-state index in [2.05, 4.69) is 10.2 Å². The number of benzene rings is 1. The summed E-state index contributed by atoms with van der Waals surface area (Å²) in [6.07, 6.45) is 2.08. The number of aromatic amines is 1. The van der Waals surface area contributed by atoms with E-state index in [4.69, 9.17) is 17.3 Å². The molecule has 0 atom stereocenters. The van der Waals surface area contributed by atoms with Crippen LogP contribution in [0.25, 0.3) is 10.9 Å². The predicted molar refractivity (Wildman–Crippen MR) is 56.2 cm³/mol. The van der Waals surface area contributed by atoms with Crippen molar-refractivity contribution in [2.75, 3.05) is 0 Å². The monoisotopic (exact) mass is 207 g/mol. The molecule has 2 aromatic rings. The van der Waals surface area contributed by atoms with Crippen LogP contribution in [-0.4, -0.2) is 10.2 Å². The first-order valence-electron chi connectivity index (χ1n) is 4.63. The topological polar surface area (TPSA) is 54.7 Å². The van der Waals surface area contributed by atoms with E-state index in [1.54, 1.807) is 0 Å². The van der Waals surface area contributed by atoms with Gasteiger partial charge in [0.25, 0.3) is 0 Å². The maximum absolute atomic E-state index is 6.15. The van der Waals surface area contributed by atoms with E-state index in [0.29, 0.717) is 5.15 Å². The van der Waals surface area contributed by atoms with Crippen molar-refractivity contribution < 1.29 is 0 Å². The fraction of sp³-hybridized carbons (Fsp3) is 0.300. The van der Waals surface area contributed by atoms with Gasteiger partial charge in [0.2, 0.25) is 0 Å². The number of aromatic nitrogens is 2. The number of halogens is 1. The minimum Gasteiger partial charge on any atom is -0.321 e. The molecule has 0 radical (unpaired) electrons.